The van der Waals surface area contributed by atoms with E-state index in [9.17, 15) is 0 Å². The lowest BCUT2D eigenvalue weighted by atomic mass is 9.54. The second-order valence-corrected chi connectivity index (χ2v) is 10.7. The van der Waals surface area contributed by atoms with Crippen LogP contribution in [0.5, 0.6) is 0 Å². The highest BCUT2D eigenvalue weighted by Gasteiger charge is 2.53. The number of rotatable bonds is 4. The SMILES string of the molecule is C(=COC12CC3CC(CC(C3)C1)C2)OC12CC3CC(CC(C3)C1)C2. The molecule has 8 aliphatic carbocycles. The van der Waals surface area contributed by atoms with Crippen LogP contribution in [0.25, 0.3) is 0 Å². The predicted molar refractivity (Wildman–Crippen MR) is 93.1 cm³/mol. The average molecular weight is 328 g/mol. The van der Waals surface area contributed by atoms with Crippen molar-refractivity contribution < 1.29 is 9.47 Å². The summed E-state index contributed by atoms with van der Waals surface area (Å²) in [6.45, 7) is 0. The fourth-order valence-corrected chi connectivity index (χ4v) is 8.70. The molecule has 8 rings (SSSR count). The molecule has 8 bridgehead atoms. The zero-order chi connectivity index (χ0) is 15.8. The van der Waals surface area contributed by atoms with Crippen LogP contribution in [0.4, 0.5) is 0 Å². The molecule has 8 aliphatic rings. The summed E-state index contributed by atoms with van der Waals surface area (Å²) >= 11 is 0. The van der Waals surface area contributed by atoms with Crippen LogP contribution in [-0.2, 0) is 9.47 Å². The van der Waals surface area contributed by atoms with Gasteiger partial charge < -0.3 is 9.47 Å². The van der Waals surface area contributed by atoms with Gasteiger partial charge in [-0.25, -0.2) is 0 Å². The molecular formula is C22H32O2. The Morgan fingerprint density at radius 1 is 0.458 bits per heavy atom. The topological polar surface area (TPSA) is 18.5 Å². The first-order chi connectivity index (χ1) is 11.7. The van der Waals surface area contributed by atoms with E-state index in [0.717, 1.165) is 35.5 Å². The Morgan fingerprint density at radius 2 is 0.708 bits per heavy atom. The summed E-state index contributed by atoms with van der Waals surface area (Å²) in [6.07, 6.45) is 20.6. The first-order valence-corrected chi connectivity index (χ1v) is 10.7. The molecule has 0 aliphatic heterocycles. The maximum atomic E-state index is 6.40. The maximum Gasteiger partial charge on any atom is 0.118 e. The number of hydrogen-bond donors (Lipinski definition) is 0. The number of ether oxygens (including phenoxy) is 2. The molecule has 8 saturated carbocycles. The molecule has 2 heteroatoms. The van der Waals surface area contributed by atoms with E-state index in [1.165, 1.54) is 77.0 Å². The summed E-state index contributed by atoms with van der Waals surface area (Å²) < 4.78 is 12.8. The van der Waals surface area contributed by atoms with E-state index in [4.69, 9.17) is 9.47 Å². The molecule has 2 nitrogen and oxygen atoms in total. The molecule has 0 unspecified atom stereocenters. The van der Waals surface area contributed by atoms with Crippen LogP contribution in [0.15, 0.2) is 12.5 Å². The van der Waals surface area contributed by atoms with Gasteiger partial charge in [-0.2, -0.15) is 0 Å². The second-order valence-electron chi connectivity index (χ2n) is 10.7. The summed E-state index contributed by atoms with van der Waals surface area (Å²) in [6, 6.07) is 0. The third kappa shape index (κ3) is 2.27. The van der Waals surface area contributed by atoms with Gasteiger partial charge in [0.15, 0.2) is 0 Å². The van der Waals surface area contributed by atoms with Crippen molar-refractivity contribution in [3.8, 4) is 0 Å². The molecule has 0 saturated heterocycles. The Balaban J connectivity index is 1.11. The van der Waals surface area contributed by atoms with Crippen LogP contribution in [-0.4, -0.2) is 11.2 Å². The Kier molecular flexibility index (Phi) is 2.99. The Bertz CT molecular complexity index is 430. The van der Waals surface area contributed by atoms with E-state index in [0.29, 0.717) is 0 Å². The van der Waals surface area contributed by atoms with Crippen LogP contribution in [0, 0.1) is 35.5 Å². The predicted octanol–water partition coefficient (Wildman–Crippen LogP) is 5.43. The third-order valence-electron chi connectivity index (χ3n) is 8.66. The Hall–Kier alpha value is -0.660. The third-order valence-corrected chi connectivity index (χ3v) is 8.66. The van der Waals surface area contributed by atoms with Crippen molar-refractivity contribution in [2.75, 3.05) is 0 Å². The molecule has 0 spiro atoms. The molecule has 0 atom stereocenters. The molecule has 132 valence electrons. The molecule has 0 radical (unpaired) electrons. The van der Waals surface area contributed by atoms with E-state index in [-0.39, 0.29) is 11.2 Å². The molecule has 0 aromatic heterocycles. The summed E-state index contributed by atoms with van der Waals surface area (Å²) in [4.78, 5) is 0. The monoisotopic (exact) mass is 328 g/mol. The van der Waals surface area contributed by atoms with E-state index in [1.54, 1.807) is 0 Å². The smallest absolute Gasteiger partial charge is 0.118 e. The van der Waals surface area contributed by atoms with Crippen molar-refractivity contribution in [1.29, 1.82) is 0 Å². The van der Waals surface area contributed by atoms with Gasteiger partial charge in [0.2, 0.25) is 0 Å². The minimum Gasteiger partial charge on any atom is -0.492 e. The van der Waals surface area contributed by atoms with E-state index in [1.807, 2.05) is 12.5 Å². The van der Waals surface area contributed by atoms with Gasteiger partial charge in [-0.05, 0) is 113 Å². The van der Waals surface area contributed by atoms with Crippen LogP contribution >= 0.6 is 0 Å². The van der Waals surface area contributed by atoms with Crippen molar-refractivity contribution in [2.45, 2.75) is 88.3 Å². The molecule has 0 aromatic rings. The minimum atomic E-state index is 0.177. The van der Waals surface area contributed by atoms with Crippen LogP contribution in [0.1, 0.15) is 77.0 Å². The highest BCUT2D eigenvalue weighted by Crippen LogP contribution is 2.58. The highest BCUT2D eigenvalue weighted by atomic mass is 16.5. The van der Waals surface area contributed by atoms with Crippen molar-refractivity contribution in [2.24, 2.45) is 35.5 Å². The summed E-state index contributed by atoms with van der Waals surface area (Å²) in [5.74, 6) is 5.72. The lowest BCUT2D eigenvalue weighted by Crippen LogP contribution is -2.51. The van der Waals surface area contributed by atoms with Crippen LogP contribution < -0.4 is 0 Å². The quantitative estimate of drug-likeness (QED) is 0.641. The summed E-state index contributed by atoms with van der Waals surface area (Å²) in [5.41, 5.74) is 0.353. The normalized spacial score (nSPS) is 57.0. The zero-order valence-electron chi connectivity index (χ0n) is 14.9. The fraction of sp³-hybridized carbons (Fsp3) is 0.909. The van der Waals surface area contributed by atoms with Gasteiger partial charge in [-0.15, -0.1) is 0 Å². The van der Waals surface area contributed by atoms with E-state index in [2.05, 4.69) is 0 Å². The summed E-state index contributed by atoms with van der Waals surface area (Å²) in [7, 11) is 0. The van der Waals surface area contributed by atoms with Crippen molar-refractivity contribution in [1.82, 2.24) is 0 Å². The summed E-state index contributed by atoms with van der Waals surface area (Å²) in [5, 5.41) is 0. The molecule has 8 fully saturated rings. The molecule has 24 heavy (non-hydrogen) atoms. The molecule has 0 heterocycles. The molecule has 0 aromatic carbocycles. The molecule has 0 N–H and O–H groups in total. The van der Waals surface area contributed by atoms with Gasteiger partial charge in [0.05, 0.1) is 0 Å². The Morgan fingerprint density at radius 3 is 0.958 bits per heavy atom. The van der Waals surface area contributed by atoms with Crippen LogP contribution in [0.2, 0.25) is 0 Å². The largest absolute Gasteiger partial charge is 0.492 e. The average Bonchev–Trinajstić information content (AvgIpc) is 2.49. The maximum absolute atomic E-state index is 6.40. The van der Waals surface area contributed by atoms with Gasteiger partial charge >= 0.3 is 0 Å². The van der Waals surface area contributed by atoms with Gasteiger partial charge in [0.1, 0.15) is 23.7 Å². The minimum absolute atomic E-state index is 0.177. The van der Waals surface area contributed by atoms with E-state index >= 15 is 0 Å². The lowest BCUT2D eigenvalue weighted by molar-refractivity contribution is -0.144. The standard InChI is InChI=1S/C22H32O2/c1(23-21-9-15-3-16(10-21)5-17(4-15)11-21)2-24-22-12-18-6-19(13-22)8-20(7-18)14-22/h1-2,15-20H,3-14H2. The second kappa shape index (κ2) is 4.95. The van der Waals surface area contributed by atoms with Crippen LogP contribution in [0.3, 0.4) is 0 Å². The zero-order valence-corrected chi connectivity index (χ0v) is 14.9. The first-order valence-electron chi connectivity index (χ1n) is 10.7. The lowest BCUT2D eigenvalue weighted by Gasteiger charge is -2.56. The van der Waals surface area contributed by atoms with Gasteiger partial charge in [0.25, 0.3) is 0 Å². The fourth-order valence-electron chi connectivity index (χ4n) is 8.70. The van der Waals surface area contributed by atoms with Gasteiger partial charge in [-0.1, -0.05) is 0 Å². The van der Waals surface area contributed by atoms with Gasteiger partial charge in [0, 0.05) is 0 Å². The van der Waals surface area contributed by atoms with Crippen molar-refractivity contribution >= 4 is 0 Å². The van der Waals surface area contributed by atoms with Gasteiger partial charge in [-0.3, -0.25) is 0 Å². The molecular weight excluding hydrogens is 296 g/mol. The van der Waals surface area contributed by atoms with E-state index < -0.39 is 0 Å². The first kappa shape index (κ1) is 14.5. The van der Waals surface area contributed by atoms with Crippen molar-refractivity contribution in [3.05, 3.63) is 12.5 Å². The number of hydrogen-bond acceptors (Lipinski definition) is 2. The molecule has 0 amide bonds. The Labute approximate surface area is 146 Å². The van der Waals surface area contributed by atoms with Crippen molar-refractivity contribution in [3.63, 3.8) is 0 Å². The highest BCUT2D eigenvalue weighted by molar-refractivity contribution is 5.05.